The van der Waals surface area contributed by atoms with Crippen LogP contribution in [-0.4, -0.2) is 44.3 Å². The van der Waals surface area contributed by atoms with Crippen LogP contribution in [0, 0.1) is 6.92 Å². The van der Waals surface area contributed by atoms with Gasteiger partial charge in [-0.2, -0.15) is 0 Å². The maximum Gasteiger partial charge on any atom is 0.269 e. The van der Waals surface area contributed by atoms with E-state index in [-0.39, 0.29) is 10.9 Å². The van der Waals surface area contributed by atoms with Crippen LogP contribution in [-0.2, 0) is 10.0 Å². The van der Waals surface area contributed by atoms with Crippen molar-refractivity contribution in [2.75, 3.05) is 13.1 Å². The topological polar surface area (TPSA) is 73.0 Å². The predicted molar refractivity (Wildman–Crippen MR) is 132 cm³/mol. The summed E-state index contributed by atoms with van der Waals surface area (Å²) in [5, 5.41) is 2.90. The van der Waals surface area contributed by atoms with E-state index in [9.17, 15) is 8.42 Å². The zero-order valence-corrected chi connectivity index (χ0v) is 20.3. The van der Waals surface area contributed by atoms with E-state index in [4.69, 9.17) is 4.98 Å². The number of pyridine rings is 1. The van der Waals surface area contributed by atoms with Gasteiger partial charge in [-0.3, -0.25) is 0 Å². The number of imidazole rings is 1. The third-order valence-electron chi connectivity index (χ3n) is 6.01. The summed E-state index contributed by atoms with van der Waals surface area (Å²) in [7, 11) is -3.74. The SMILES string of the molecule is Cc1nc2cnc3c(ccn3S(=O)(=O)c3ccccc3)c2n1C1CCN(Sc2cccs2)C1. The molecule has 7 nitrogen and oxygen atoms in total. The molecule has 0 N–H and O–H groups in total. The first-order chi connectivity index (χ1) is 16.0. The summed E-state index contributed by atoms with van der Waals surface area (Å²) < 4.78 is 33.8. The Kier molecular flexibility index (Phi) is 5.06. The molecule has 33 heavy (non-hydrogen) atoms. The summed E-state index contributed by atoms with van der Waals surface area (Å²) >= 11 is 3.55. The van der Waals surface area contributed by atoms with Crippen molar-refractivity contribution in [3.05, 3.63) is 72.1 Å². The largest absolute Gasteiger partial charge is 0.323 e. The van der Waals surface area contributed by atoms with Crippen LogP contribution >= 0.6 is 23.3 Å². The molecule has 1 unspecified atom stereocenters. The zero-order valence-electron chi connectivity index (χ0n) is 17.8. The molecule has 10 heteroatoms. The Hall–Kier alpha value is -2.66. The van der Waals surface area contributed by atoms with Crippen molar-refractivity contribution in [3.63, 3.8) is 0 Å². The third-order valence-corrected chi connectivity index (χ3v) is 9.77. The monoisotopic (exact) mass is 495 g/mol. The van der Waals surface area contributed by atoms with Gasteiger partial charge < -0.3 is 4.57 Å². The van der Waals surface area contributed by atoms with Crippen LogP contribution in [0.3, 0.4) is 0 Å². The molecule has 5 aromatic rings. The Balaban J connectivity index is 1.43. The first kappa shape index (κ1) is 20.9. The van der Waals surface area contributed by atoms with E-state index in [1.807, 2.05) is 13.0 Å². The third kappa shape index (κ3) is 3.48. The van der Waals surface area contributed by atoms with Crippen molar-refractivity contribution in [3.8, 4) is 0 Å². The van der Waals surface area contributed by atoms with Gasteiger partial charge in [-0.25, -0.2) is 26.7 Å². The van der Waals surface area contributed by atoms with Gasteiger partial charge in [-0.1, -0.05) is 24.3 Å². The van der Waals surface area contributed by atoms with Crippen molar-refractivity contribution in [1.29, 1.82) is 0 Å². The van der Waals surface area contributed by atoms with E-state index in [0.717, 1.165) is 41.8 Å². The van der Waals surface area contributed by atoms with Crippen LogP contribution in [0.4, 0.5) is 0 Å². The number of fused-ring (bicyclic) bond motifs is 3. The lowest BCUT2D eigenvalue weighted by Gasteiger charge is -2.17. The Morgan fingerprint density at radius 3 is 2.76 bits per heavy atom. The molecule has 1 aromatic carbocycles. The van der Waals surface area contributed by atoms with E-state index in [1.165, 1.54) is 8.18 Å². The lowest BCUT2D eigenvalue weighted by atomic mass is 10.2. The molecule has 0 saturated carbocycles. The highest BCUT2D eigenvalue weighted by molar-refractivity contribution is 7.98. The highest BCUT2D eigenvalue weighted by atomic mass is 32.2. The molecule has 168 valence electrons. The second kappa shape index (κ2) is 7.98. The molecule has 0 aliphatic carbocycles. The number of hydrogen-bond acceptors (Lipinski definition) is 7. The van der Waals surface area contributed by atoms with Crippen molar-refractivity contribution in [1.82, 2.24) is 22.8 Å². The molecule has 6 rings (SSSR count). The van der Waals surface area contributed by atoms with Crippen LogP contribution < -0.4 is 0 Å². The number of rotatable bonds is 5. The summed E-state index contributed by atoms with van der Waals surface area (Å²) in [6, 6.07) is 14.8. The molecule has 1 aliphatic rings. The van der Waals surface area contributed by atoms with Crippen molar-refractivity contribution >= 4 is 55.4 Å². The van der Waals surface area contributed by atoms with E-state index < -0.39 is 10.0 Å². The van der Waals surface area contributed by atoms with Gasteiger partial charge in [-0.15, -0.1) is 11.3 Å². The molecule has 0 radical (unpaired) electrons. The zero-order chi connectivity index (χ0) is 22.6. The summed E-state index contributed by atoms with van der Waals surface area (Å²) in [5.74, 6) is 0.922. The molecule has 4 aromatic heterocycles. The molecule has 1 aliphatic heterocycles. The fourth-order valence-electron chi connectivity index (χ4n) is 4.56. The first-order valence-corrected chi connectivity index (χ1v) is 13.7. The fraction of sp³-hybridized carbons (Fsp3) is 0.217. The van der Waals surface area contributed by atoms with Crippen LogP contribution in [0.5, 0.6) is 0 Å². The second-order valence-electron chi connectivity index (χ2n) is 8.04. The number of aryl methyl sites for hydroxylation is 1. The van der Waals surface area contributed by atoms with Crippen molar-refractivity contribution < 1.29 is 8.42 Å². The molecule has 1 atom stereocenters. The smallest absolute Gasteiger partial charge is 0.269 e. The second-order valence-corrected chi connectivity index (χ2v) is 12.2. The fourth-order valence-corrected chi connectivity index (χ4v) is 7.82. The van der Waals surface area contributed by atoms with Gasteiger partial charge in [0.15, 0.2) is 5.65 Å². The molecule has 0 bridgehead atoms. The van der Waals surface area contributed by atoms with Crippen molar-refractivity contribution in [2.24, 2.45) is 0 Å². The average molecular weight is 496 g/mol. The Morgan fingerprint density at radius 1 is 1.12 bits per heavy atom. The minimum atomic E-state index is -3.74. The Labute approximate surface area is 199 Å². The molecule has 0 spiro atoms. The normalized spacial score (nSPS) is 17.4. The summed E-state index contributed by atoms with van der Waals surface area (Å²) in [4.78, 5) is 9.50. The minimum Gasteiger partial charge on any atom is -0.323 e. The first-order valence-electron chi connectivity index (χ1n) is 10.6. The van der Waals surface area contributed by atoms with Crippen LogP contribution in [0.1, 0.15) is 18.3 Å². The van der Waals surface area contributed by atoms with Gasteiger partial charge in [-0.05, 0) is 54.9 Å². The van der Waals surface area contributed by atoms with Crippen LogP contribution in [0.15, 0.2) is 75.4 Å². The maximum atomic E-state index is 13.3. The molecule has 1 saturated heterocycles. The standard InChI is InChI=1S/C23H21N5O2S3/c1-16-25-20-14-24-23-19(10-12-27(23)33(29,30)18-6-3-2-4-7-18)22(20)28(16)17-9-11-26(15-17)32-21-8-5-13-31-21/h2-8,10,12-14,17H,9,11,15H2,1H3. The quantitative estimate of drug-likeness (QED) is 0.321. The number of thiophene rings is 1. The highest BCUT2D eigenvalue weighted by Crippen LogP contribution is 2.37. The maximum absolute atomic E-state index is 13.3. The molecular weight excluding hydrogens is 474 g/mol. The van der Waals surface area contributed by atoms with Gasteiger partial charge in [0.1, 0.15) is 11.3 Å². The Morgan fingerprint density at radius 2 is 1.97 bits per heavy atom. The molecule has 0 amide bonds. The van der Waals surface area contributed by atoms with Crippen LogP contribution in [0.2, 0.25) is 0 Å². The highest BCUT2D eigenvalue weighted by Gasteiger charge is 2.29. The molecular formula is C23H21N5O2S3. The van der Waals surface area contributed by atoms with Gasteiger partial charge >= 0.3 is 0 Å². The van der Waals surface area contributed by atoms with E-state index in [0.29, 0.717) is 5.65 Å². The average Bonchev–Trinajstić information content (AvgIpc) is 3.60. The molecule has 5 heterocycles. The lowest BCUT2D eigenvalue weighted by molar-refractivity contribution is 0.506. The van der Waals surface area contributed by atoms with Crippen molar-refractivity contribution in [2.45, 2.75) is 28.5 Å². The lowest BCUT2D eigenvalue weighted by Crippen LogP contribution is -2.15. The number of nitrogens with zero attached hydrogens (tertiary/aromatic N) is 5. The molecule has 1 fully saturated rings. The number of benzene rings is 1. The van der Waals surface area contributed by atoms with E-state index in [1.54, 1.807) is 66.0 Å². The summed E-state index contributed by atoms with van der Waals surface area (Å²) in [6.45, 7) is 3.91. The van der Waals surface area contributed by atoms with E-state index in [2.05, 4.69) is 31.4 Å². The van der Waals surface area contributed by atoms with Gasteiger partial charge in [0.25, 0.3) is 10.0 Å². The van der Waals surface area contributed by atoms with Crippen LogP contribution in [0.25, 0.3) is 22.1 Å². The van der Waals surface area contributed by atoms with Gasteiger partial charge in [0, 0.05) is 24.7 Å². The Bertz CT molecular complexity index is 1560. The summed E-state index contributed by atoms with van der Waals surface area (Å²) in [5.41, 5.74) is 2.17. The van der Waals surface area contributed by atoms with Gasteiger partial charge in [0.05, 0.1) is 26.9 Å². The number of aromatic nitrogens is 4. The van der Waals surface area contributed by atoms with E-state index >= 15 is 0 Å². The predicted octanol–water partition coefficient (Wildman–Crippen LogP) is 4.95. The summed E-state index contributed by atoms with van der Waals surface area (Å²) in [6.07, 6.45) is 4.29. The minimum absolute atomic E-state index is 0.242. The van der Waals surface area contributed by atoms with Gasteiger partial charge in [0.2, 0.25) is 0 Å². The number of hydrogen-bond donors (Lipinski definition) is 0.